The van der Waals surface area contributed by atoms with Gasteiger partial charge in [0.2, 0.25) is 0 Å². The summed E-state index contributed by atoms with van der Waals surface area (Å²) in [6, 6.07) is 0.142. The van der Waals surface area contributed by atoms with E-state index >= 15 is 0 Å². The minimum atomic E-state index is -1.16. The summed E-state index contributed by atoms with van der Waals surface area (Å²) >= 11 is 0. The SMILES string of the molecule is O=C(O)c1c[nH]n(C2CCCCCC2)c1=O. The first kappa shape index (κ1) is 11.0. The van der Waals surface area contributed by atoms with Gasteiger partial charge in [-0.2, -0.15) is 0 Å². The zero-order chi connectivity index (χ0) is 11.5. The Balaban J connectivity index is 2.26. The van der Waals surface area contributed by atoms with Gasteiger partial charge in [-0.15, -0.1) is 0 Å². The van der Waals surface area contributed by atoms with Crippen LogP contribution in [0.5, 0.6) is 0 Å². The highest BCUT2D eigenvalue weighted by molar-refractivity contribution is 5.86. The largest absolute Gasteiger partial charge is 0.477 e. The van der Waals surface area contributed by atoms with E-state index in [-0.39, 0.29) is 11.6 Å². The summed E-state index contributed by atoms with van der Waals surface area (Å²) in [6.07, 6.45) is 7.83. The topological polar surface area (TPSA) is 75.1 Å². The van der Waals surface area contributed by atoms with Crippen molar-refractivity contribution in [3.8, 4) is 0 Å². The lowest BCUT2D eigenvalue weighted by molar-refractivity contribution is 0.0695. The van der Waals surface area contributed by atoms with Crippen molar-refractivity contribution in [2.75, 3.05) is 0 Å². The van der Waals surface area contributed by atoms with Crippen molar-refractivity contribution in [3.05, 3.63) is 22.1 Å². The predicted molar refractivity (Wildman–Crippen MR) is 58.8 cm³/mol. The van der Waals surface area contributed by atoms with Crippen LogP contribution in [0.25, 0.3) is 0 Å². The standard InChI is InChI=1S/C11H16N2O3/c14-10-9(11(15)16)7-12-13(10)8-5-3-1-2-4-6-8/h7-8,12H,1-6H2,(H,15,16). The predicted octanol–water partition coefficient (Wildman–Crippen LogP) is 1.77. The maximum Gasteiger partial charge on any atom is 0.342 e. The number of nitrogens with zero attached hydrogens (tertiary/aromatic N) is 1. The second-order valence-electron chi connectivity index (χ2n) is 4.31. The van der Waals surface area contributed by atoms with E-state index in [1.807, 2.05) is 0 Å². The summed E-state index contributed by atoms with van der Waals surface area (Å²) in [7, 11) is 0. The Morgan fingerprint density at radius 2 is 1.94 bits per heavy atom. The van der Waals surface area contributed by atoms with E-state index in [0.29, 0.717) is 0 Å². The molecule has 88 valence electrons. The molecule has 5 heteroatoms. The molecule has 1 fully saturated rings. The zero-order valence-electron chi connectivity index (χ0n) is 9.11. The highest BCUT2D eigenvalue weighted by Crippen LogP contribution is 2.25. The van der Waals surface area contributed by atoms with Crippen LogP contribution in [-0.4, -0.2) is 20.9 Å². The lowest BCUT2D eigenvalue weighted by Crippen LogP contribution is -2.25. The van der Waals surface area contributed by atoms with E-state index in [4.69, 9.17) is 5.11 Å². The molecule has 1 heterocycles. The Kier molecular flexibility index (Phi) is 3.12. The molecule has 1 aliphatic rings. The van der Waals surface area contributed by atoms with Crippen LogP contribution in [-0.2, 0) is 0 Å². The van der Waals surface area contributed by atoms with Crippen molar-refractivity contribution in [3.63, 3.8) is 0 Å². The lowest BCUT2D eigenvalue weighted by atomic mass is 10.1. The number of H-pyrrole nitrogens is 1. The number of aromatic carboxylic acids is 1. The zero-order valence-corrected chi connectivity index (χ0v) is 9.11. The molecule has 0 bridgehead atoms. The molecule has 0 aromatic carbocycles. The highest BCUT2D eigenvalue weighted by atomic mass is 16.4. The van der Waals surface area contributed by atoms with Crippen molar-refractivity contribution in [1.29, 1.82) is 0 Å². The molecule has 0 unspecified atom stereocenters. The van der Waals surface area contributed by atoms with Crippen LogP contribution in [0.4, 0.5) is 0 Å². The van der Waals surface area contributed by atoms with Crippen molar-refractivity contribution < 1.29 is 9.90 Å². The van der Waals surface area contributed by atoms with Gasteiger partial charge in [-0.1, -0.05) is 25.7 Å². The number of aromatic amines is 1. The van der Waals surface area contributed by atoms with Gasteiger partial charge in [0.05, 0.1) is 6.04 Å². The average molecular weight is 224 g/mol. The molecule has 1 aromatic heterocycles. The average Bonchev–Trinajstić information content (AvgIpc) is 2.50. The summed E-state index contributed by atoms with van der Waals surface area (Å²) in [5.74, 6) is -1.16. The Bertz CT molecular complexity index is 425. The smallest absolute Gasteiger partial charge is 0.342 e. The molecule has 1 aliphatic carbocycles. The van der Waals surface area contributed by atoms with Gasteiger partial charge in [0.25, 0.3) is 5.56 Å². The maximum atomic E-state index is 11.8. The molecular weight excluding hydrogens is 208 g/mol. The summed E-state index contributed by atoms with van der Waals surface area (Å²) in [5, 5.41) is 11.6. The van der Waals surface area contributed by atoms with Gasteiger partial charge in [-0.3, -0.25) is 4.79 Å². The third-order valence-corrected chi connectivity index (χ3v) is 3.22. The van der Waals surface area contributed by atoms with Crippen molar-refractivity contribution in [1.82, 2.24) is 9.78 Å². The number of hydrogen-bond donors (Lipinski definition) is 2. The summed E-state index contributed by atoms with van der Waals surface area (Å²) < 4.78 is 1.48. The molecule has 0 saturated heterocycles. The van der Waals surface area contributed by atoms with Crippen LogP contribution in [0, 0.1) is 0 Å². The lowest BCUT2D eigenvalue weighted by Gasteiger charge is -2.14. The molecule has 0 atom stereocenters. The molecular formula is C11H16N2O3. The number of carbonyl (C=O) groups is 1. The van der Waals surface area contributed by atoms with Crippen molar-refractivity contribution in [2.24, 2.45) is 0 Å². The quantitative estimate of drug-likeness (QED) is 0.752. The van der Waals surface area contributed by atoms with E-state index in [1.54, 1.807) is 0 Å². The van der Waals surface area contributed by atoms with E-state index in [2.05, 4.69) is 5.10 Å². The fraction of sp³-hybridized carbons (Fsp3) is 0.636. The van der Waals surface area contributed by atoms with Crippen LogP contribution in [0.15, 0.2) is 11.0 Å². The van der Waals surface area contributed by atoms with E-state index in [1.165, 1.54) is 23.7 Å². The van der Waals surface area contributed by atoms with Gasteiger partial charge < -0.3 is 10.2 Å². The fourth-order valence-corrected chi connectivity index (χ4v) is 2.32. The minimum absolute atomic E-state index is 0.142. The van der Waals surface area contributed by atoms with Gasteiger partial charge in [0, 0.05) is 6.20 Å². The van der Waals surface area contributed by atoms with Crippen LogP contribution in [0.2, 0.25) is 0 Å². The Morgan fingerprint density at radius 1 is 1.31 bits per heavy atom. The number of carboxylic acid groups (broad SMARTS) is 1. The second-order valence-corrected chi connectivity index (χ2v) is 4.31. The Labute approximate surface area is 93.1 Å². The number of nitrogens with one attached hydrogen (secondary N) is 1. The molecule has 1 aromatic rings. The van der Waals surface area contributed by atoms with Crippen LogP contribution < -0.4 is 5.56 Å². The molecule has 0 spiro atoms. The monoisotopic (exact) mass is 224 g/mol. The molecule has 2 N–H and O–H groups in total. The Morgan fingerprint density at radius 3 is 2.44 bits per heavy atom. The number of aromatic nitrogens is 2. The van der Waals surface area contributed by atoms with Crippen molar-refractivity contribution >= 4 is 5.97 Å². The summed E-state index contributed by atoms with van der Waals surface area (Å²) in [6.45, 7) is 0. The van der Waals surface area contributed by atoms with Crippen LogP contribution in [0.1, 0.15) is 54.9 Å². The van der Waals surface area contributed by atoms with Gasteiger partial charge in [-0.05, 0) is 12.8 Å². The number of carboxylic acids is 1. The molecule has 2 rings (SSSR count). The summed E-state index contributed by atoms with van der Waals surface area (Å²) in [5.41, 5.74) is -0.566. The first-order valence-corrected chi connectivity index (χ1v) is 5.73. The van der Waals surface area contributed by atoms with Gasteiger partial charge in [0.1, 0.15) is 5.56 Å². The molecule has 0 aliphatic heterocycles. The van der Waals surface area contributed by atoms with E-state index < -0.39 is 11.5 Å². The third-order valence-electron chi connectivity index (χ3n) is 3.22. The van der Waals surface area contributed by atoms with Crippen LogP contribution in [0.3, 0.4) is 0 Å². The van der Waals surface area contributed by atoms with Crippen molar-refractivity contribution in [2.45, 2.75) is 44.6 Å². The molecule has 0 amide bonds. The maximum absolute atomic E-state index is 11.8. The van der Waals surface area contributed by atoms with E-state index in [0.717, 1.165) is 25.7 Å². The molecule has 0 radical (unpaired) electrons. The first-order chi connectivity index (χ1) is 7.70. The molecule has 16 heavy (non-hydrogen) atoms. The fourth-order valence-electron chi connectivity index (χ4n) is 2.32. The van der Waals surface area contributed by atoms with Gasteiger partial charge in [-0.25, -0.2) is 9.48 Å². The number of hydrogen-bond acceptors (Lipinski definition) is 2. The minimum Gasteiger partial charge on any atom is -0.477 e. The number of rotatable bonds is 2. The molecule has 5 nitrogen and oxygen atoms in total. The summed E-state index contributed by atoms with van der Waals surface area (Å²) in [4.78, 5) is 22.5. The highest BCUT2D eigenvalue weighted by Gasteiger charge is 2.20. The van der Waals surface area contributed by atoms with Gasteiger partial charge in [0.15, 0.2) is 0 Å². The third kappa shape index (κ3) is 2.03. The first-order valence-electron chi connectivity index (χ1n) is 5.73. The van der Waals surface area contributed by atoms with Gasteiger partial charge >= 0.3 is 5.97 Å². The normalized spacial score (nSPS) is 18.2. The van der Waals surface area contributed by atoms with E-state index in [9.17, 15) is 9.59 Å². The second kappa shape index (κ2) is 4.55. The molecule has 1 saturated carbocycles. The Hall–Kier alpha value is -1.52. The van der Waals surface area contributed by atoms with Crippen LogP contribution >= 0.6 is 0 Å².